The fraction of sp³-hybridized carbons (Fsp3) is 0.176. The maximum absolute atomic E-state index is 13.1. The van der Waals surface area contributed by atoms with Crippen molar-refractivity contribution in [2.75, 3.05) is 6.61 Å². The Kier molecular flexibility index (Phi) is 4.52. The molecular formula is C17H14FNO3S. The predicted octanol–water partition coefficient (Wildman–Crippen LogP) is 4.31. The third-order valence-corrected chi connectivity index (χ3v) is 4.03. The molecule has 0 N–H and O–H groups in total. The molecule has 0 aliphatic heterocycles. The van der Waals surface area contributed by atoms with E-state index in [1.165, 1.54) is 23.5 Å². The number of halogens is 1. The molecule has 0 saturated heterocycles. The van der Waals surface area contributed by atoms with Crippen molar-refractivity contribution in [1.82, 2.24) is 4.98 Å². The number of thiophene rings is 1. The highest BCUT2D eigenvalue weighted by molar-refractivity contribution is 7.13. The fourth-order valence-corrected chi connectivity index (χ4v) is 2.87. The van der Waals surface area contributed by atoms with Crippen LogP contribution in [0.3, 0.4) is 0 Å². The summed E-state index contributed by atoms with van der Waals surface area (Å²) in [4.78, 5) is 17.2. The van der Waals surface area contributed by atoms with Crippen LogP contribution < -0.4 is 0 Å². The Morgan fingerprint density at radius 3 is 2.74 bits per heavy atom. The van der Waals surface area contributed by atoms with Gasteiger partial charge in [-0.1, -0.05) is 6.07 Å². The molecular weight excluding hydrogens is 317 g/mol. The van der Waals surface area contributed by atoms with Gasteiger partial charge in [0.1, 0.15) is 23.7 Å². The van der Waals surface area contributed by atoms with Crippen molar-refractivity contribution in [3.05, 3.63) is 53.4 Å². The lowest BCUT2D eigenvalue weighted by Gasteiger charge is -2.00. The fourth-order valence-electron chi connectivity index (χ4n) is 2.14. The number of oxazole rings is 1. The SMILES string of the molecule is CCOC(=O)Cc1oc(-c2ccc(F)cc2)nc1-c1cccs1. The van der Waals surface area contributed by atoms with Gasteiger partial charge in [-0.3, -0.25) is 4.79 Å². The van der Waals surface area contributed by atoms with E-state index in [9.17, 15) is 9.18 Å². The minimum atomic E-state index is -0.368. The van der Waals surface area contributed by atoms with E-state index in [1.807, 2.05) is 17.5 Å². The number of ether oxygens (including phenoxy) is 1. The molecule has 118 valence electrons. The van der Waals surface area contributed by atoms with Crippen LogP contribution in [0, 0.1) is 5.82 Å². The van der Waals surface area contributed by atoms with Gasteiger partial charge in [-0.2, -0.15) is 0 Å². The smallest absolute Gasteiger partial charge is 0.313 e. The maximum Gasteiger partial charge on any atom is 0.313 e. The second-order valence-corrected chi connectivity index (χ2v) is 5.70. The van der Waals surface area contributed by atoms with Crippen molar-refractivity contribution in [2.45, 2.75) is 13.3 Å². The van der Waals surface area contributed by atoms with Crippen LogP contribution in [0.4, 0.5) is 4.39 Å². The highest BCUT2D eigenvalue weighted by Crippen LogP contribution is 2.32. The van der Waals surface area contributed by atoms with Gasteiger partial charge in [0.2, 0.25) is 5.89 Å². The molecule has 3 rings (SSSR count). The molecule has 4 nitrogen and oxygen atoms in total. The maximum atomic E-state index is 13.1. The second kappa shape index (κ2) is 6.75. The van der Waals surface area contributed by atoms with Crippen molar-refractivity contribution in [3.63, 3.8) is 0 Å². The van der Waals surface area contributed by atoms with Gasteiger partial charge in [0.15, 0.2) is 0 Å². The predicted molar refractivity (Wildman–Crippen MR) is 85.5 cm³/mol. The number of hydrogen-bond donors (Lipinski definition) is 0. The van der Waals surface area contributed by atoms with E-state index < -0.39 is 0 Å². The van der Waals surface area contributed by atoms with E-state index in [1.54, 1.807) is 19.1 Å². The Morgan fingerprint density at radius 2 is 2.09 bits per heavy atom. The summed E-state index contributed by atoms with van der Waals surface area (Å²) in [6.07, 6.45) is 0.00919. The van der Waals surface area contributed by atoms with Crippen LogP contribution in [0.15, 0.2) is 46.2 Å². The number of hydrogen-bond acceptors (Lipinski definition) is 5. The standard InChI is InChI=1S/C17H14FNO3S/c1-2-21-15(20)10-13-16(14-4-3-9-23-14)19-17(22-13)11-5-7-12(18)8-6-11/h3-9H,2,10H2,1H3. The van der Waals surface area contributed by atoms with Gasteiger partial charge < -0.3 is 9.15 Å². The van der Waals surface area contributed by atoms with Gasteiger partial charge in [0.25, 0.3) is 0 Å². The van der Waals surface area contributed by atoms with Gasteiger partial charge in [0.05, 0.1) is 11.5 Å². The Labute approximate surface area is 136 Å². The molecule has 1 aromatic carbocycles. The van der Waals surface area contributed by atoms with Crippen LogP contribution in [0.1, 0.15) is 12.7 Å². The first-order chi connectivity index (χ1) is 11.2. The van der Waals surface area contributed by atoms with E-state index in [2.05, 4.69) is 4.98 Å². The van der Waals surface area contributed by atoms with E-state index >= 15 is 0 Å². The lowest BCUT2D eigenvalue weighted by atomic mass is 10.2. The van der Waals surface area contributed by atoms with E-state index in [-0.39, 0.29) is 18.2 Å². The summed E-state index contributed by atoms with van der Waals surface area (Å²) < 4.78 is 23.8. The van der Waals surface area contributed by atoms with Gasteiger partial charge in [-0.25, -0.2) is 9.37 Å². The first-order valence-electron chi connectivity index (χ1n) is 7.12. The first kappa shape index (κ1) is 15.4. The van der Waals surface area contributed by atoms with Crippen molar-refractivity contribution >= 4 is 17.3 Å². The molecule has 6 heteroatoms. The van der Waals surface area contributed by atoms with Gasteiger partial charge in [-0.15, -0.1) is 11.3 Å². The van der Waals surface area contributed by atoms with Crippen molar-refractivity contribution in [3.8, 4) is 22.0 Å². The van der Waals surface area contributed by atoms with E-state index in [4.69, 9.17) is 9.15 Å². The van der Waals surface area contributed by atoms with Crippen LogP contribution >= 0.6 is 11.3 Å². The number of rotatable bonds is 5. The second-order valence-electron chi connectivity index (χ2n) is 4.76. The Morgan fingerprint density at radius 1 is 1.30 bits per heavy atom. The molecule has 0 saturated carbocycles. The average Bonchev–Trinajstić information content (AvgIpc) is 3.17. The zero-order valence-electron chi connectivity index (χ0n) is 12.4. The third kappa shape index (κ3) is 3.48. The van der Waals surface area contributed by atoms with Crippen molar-refractivity contribution in [1.29, 1.82) is 0 Å². The van der Waals surface area contributed by atoms with Crippen LogP contribution in [0.25, 0.3) is 22.0 Å². The molecule has 0 unspecified atom stereocenters. The van der Waals surface area contributed by atoms with E-state index in [0.717, 1.165) is 4.88 Å². The van der Waals surface area contributed by atoms with Crippen molar-refractivity contribution in [2.24, 2.45) is 0 Å². The molecule has 3 aromatic rings. The molecule has 0 spiro atoms. The molecule has 2 heterocycles. The van der Waals surface area contributed by atoms with Crippen LogP contribution in [0.2, 0.25) is 0 Å². The highest BCUT2D eigenvalue weighted by Gasteiger charge is 2.20. The Hall–Kier alpha value is -2.47. The molecule has 0 atom stereocenters. The molecule has 0 radical (unpaired) electrons. The molecule has 2 aromatic heterocycles. The summed E-state index contributed by atoms with van der Waals surface area (Å²) in [6, 6.07) is 9.68. The van der Waals surface area contributed by atoms with Crippen molar-refractivity contribution < 1.29 is 18.3 Å². The average molecular weight is 331 g/mol. The summed E-state index contributed by atoms with van der Waals surface area (Å²) in [6.45, 7) is 2.06. The zero-order valence-corrected chi connectivity index (χ0v) is 13.2. The molecule has 23 heavy (non-hydrogen) atoms. The lowest BCUT2D eigenvalue weighted by Crippen LogP contribution is -2.07. The quantitative estimate of drug-likeness (QED) is 0.654. The lowest BCUT2D eigenvalue weighted by molar-refractivity contribution is -0.142. The van der Waals surface area contributed by atoms with Crippen LogP contribution in [0.5, 0.6) is 0 Å². The highest BCUT2D eigenvalue weighted by atomic mass is 32.1. The summed E-state index contributed by atoms with van der Waals surface area (Å²) in [5, 5.41) is 1.93. The normalized spacial score (nSPS) is 10.7. The molecule has 0 amide bonds. The molecule has 0 fully saturated rings. The Bertz CT molecular complexity index is 794. The number of carbonyl (C=O) groups is 1. The minimum absolute atomic E-state index is 0.00919. The number of aromatic nitrogens is 1. The van der Waals surface area contributed by atoms with Gasteiger partial charge >= 0.3 is 5.97 Å². The number of benzene rings is 1. The first-order valence-corrected chi connectivity index (χ1v) is 8.00. The number of esters is 1. The molecule has 0 aliphatic rings. The minimum Gasteiger partial charge on any atom is -0.466 e. The summed E-state index contributed by atoms with van der Waals surface area (Å²) in [5.74, 6) is 0.107. The topological polar surface area (TPSA) is 52.3 Å². The third-order valence-electron chi connectivity index (χ3n) is 3.15. The van der Waals surface area contributed by atoms with Crippen LogP contribution in [-0.2, 0) is 16.0 Å². The monoisotopic (exact) mass is 331 g/mol. The van der Waals surface area contributed by atoms with Gasteiger partial charge in [0, 0.05) is 5.56 Å². The molecule has 0 bridgehead atoms. The summed E-state index contributed by atoms with van der Waals surface area (Å²) in [5.41, 5.74) is 1.27. The summed E-state index contributed by atoms with van der Waals surface area (Å²) in [7, 11) is 0. The Balaban J connectivity index is 1.99. The summed E-state index contributed by atoms with van der Waals surface area (Å²) >= 11 is 1.51. The van der Waals surface area contributed by atoms with E-state index in [0.29, 0.717) is 29.5 Å². The van der Waals surface area contributed by atoms with Gasteiger partial charge in [-0.05, 0) is 42.6 Å². The molecule has 0 aliphatic carbocycles. The number of carbonyl (C=O) groups excluding carboxylic acids is 1. The largest absolute Gasteiger partial charge is 0.466 e. The number of nitrogens with zero attached hydrogens (tertiary/aromatic N) is 1. The van der Waals surface area contributed by atoms with Crippen LogP contribution in [-0.4, -0.2) is 17.6 Å². The zero-order chi connectivity index (χ0) is 16.2.